The second-order valence-electron chi connectivity index (χ2n) is 5.55. The molecule has 0 fully saturated rings. The number of benzene rings is 2. The maximum atomic E-state index is 11.3. The zero-order chi connectivity index (χ0) is 17.2. The van der Waals surface area contributed by atoms with Crippen molar-refractivity contribution in [3.05, 3.63) is 65.2 Å². The average molecular weight is 327 g/mol. The molecule has 24 heavy (non-hydrogen) atoms. The van der Waals surface area contributed by atoms with Crippen molar-refractivity contribution < 1.29 is 14.3 Å². The number of nitrogens with zero attached hydrogens (tertiary/aromatic N) is 1. The van der Waals surface area contributed by atoms with Crippen molar-refractivity contribution >= 4 is 6.29 Å². The molecule has 2 aromatic rings. The molecule has 0 saturated heterocycles. The first-order valence-electron chi connectivity index (χ1n) is 8.31. The Bertz CT molecular complexity index is 624. The van der Waals surface area contributed by atoms with Crippen LogP contribution in [0.4, 0.5) is 0 Å². The van der Waals surface area contributed by atoms with Crippen LogP contribution in [-0.4, -0.2) is 37.8 Å². The van der Waals surface area contributed by atoms with Gasteiger partial charge in [0.25, 0.3) is 0 Å². The minimum absolute atomic E-state index is 0.134. The predicted octanol–water partition coefficient (Wildman–Crippen LogP) is 3.74. The molecule has 0 aliphatic carbocycles. The van der Waals surface area contributed by atoms with Crippen LogP contribution in [0.15, 0.2) is 48.5 Å². The van der Waals surface area contributed by atoms with Gasteiger partial charge in [0.05, 0.1) is 5.56 Å². The Morgan fingerprint density at radius 2 is 1.75 bits per heavy atom. The van der Waals surface area contributed by atoms with E-state index in [-0.39, 0.29) is 6.79 Å². The molecule has 0 heterocycles. The fraction of sp³-hybridized carbons (Fsp3) is 0.350. The van der Waals surface area contributed by atoms with Crippen LogP contribution in [-0.2, 0) is 11.2 Å². The van der Waals surface area contributed by atoms with Crippen molar-refractivity contribution in [2.75, 3.05) is 26.6 Å². The summed E-state index contributed by atoms with van der Waals surface area (Å²) in [6.45, 7) is 6.70. The van der Waals surface area contributed by atoms with Gasteiger partial charge in [0, 0.05) is 0 Å². The Kier molecular flexibility index (Phi) is 7.46. The highest BCUT2D eigenvalue weighted by Gasteiger charge is 2.06. The largest absolute Gasteiger partial charge is 0.467 e. The molecule has 0 bridgehead atoms. The van der Waals surface area contributed by atoms with Crippen molar-refractivity contribution in [1.29, 1.82) is 0 Å². The van der Waals surface area contributed by atoms with E-state index in [9.17, 15) is 4.79 Å². The van der Waals surface area contributed by atoms with E-state index in [1.54, 1.807) is 0 Å². The third-order valence-electron chi connectivity index (χ3n) is 3.92. The van der Waals surface area contributed by atoms with E-state index < -0.39 is 0 Å². The number of hydrogen-bond donors (Lipinski definition) is 0. The Morgan fingerprint density at radius 1 is 1.00 bits per heavy atom. The molecule has 0 unspecified atom stereocenters. The summed E-state index contributed by atoms with van der Waals surface area (Å²) in [4.78, 5) is 13.5. The first-order chi connectivity index (χ1) is 11.8. The fourth-order valence-electron chi connectivity index (χ4n) is 2.44. The summed E-state index contributed by atoms with van der Waals surface area (Å²) < 4.78 is 11.1. The van der Waals surface area contributed by atoms with Gasteiger partial charge in [-0.05, 0) is 42.8 Å². The molecule has 0 aliphatic heterocycles. The Morgan fingerprint density at radius 3 is 2.42 bits per heavy atom. The molecule has 0 aromatic heterocycles. The van der Waals surface area contributed by atoms with Crippen molar-refractivity contribution in [2.24, 2.45) is 0 Å². The van der Waals surface area contributed by atoms with Gasteiger partial charge in [-0.15, -0.1) is 0 Å². The van der Waals surface area contributed by atoms with E-state index >= 15 is 0 Å². The van der Waals surface area contributed by atoms with Crippen molar-refractivity contribution in [3.63, 3.8) is 0 Å². The van der Waals surface area contributed by atoms with Crippen LogP contribution >= 0.6 is 0 Å². The van der Waals surface area contributed by atoms with Crippen molar-refractivity contribution in [1.82, 2.24) is 4.90 Å². The van der Waals surface area contributed by atoms with Gasteiger partial charge in [0.2, 0.25) is 0 Å². The van der Waals surface area contributed by atoms with Crippen LogP contribution in [0, 0.1) is 0 Å². The number of carbonyl (C=O) groups is 1. The number of aldehydes is 1. The molecule has 0 atom stereocenters. The highest BCUT2D eigenvalue weighted by molar-refractivity contribution is 5.79. The maximum absolute atomic E-state index is 11.3. The monoisotopic (exact) mass is 327 g/mol. The van der Waals surface area contributed by atoms with Crippen LogP contribution in [0.3, 0.4) is 0 Å². The van der Waals surface area contributed by atoms with Gasteiger partial charge in [0.1, 0.15) is 12.5 Å². The van der Waals surface area contributed by atoms with E-state index in [1.165, 1.54) is 5.56 Å². The fourth-order valence-corrected chi connectivity index (χ4v) is 2.44. The lowest BCUT2D eigenvalue weighted by molar-refractivity contribution is -0.0392. The highest BCUT2D eigenvalue weighted by atomic mass is 16.7. The maximum Gasteiger partial charge on any atom is 0.190 e. The molecule has 0 saturated carbocycles. The van der Waals surface area contributed by atoms with Gasteiger partial charge in [-0.25, -0.2) is 0 Å². The number of rotatable bonds is 10. The summed E-state index contributed by atoms with van der Waals surface area (Å²) in [5.41, 5.74) is 2.85. The number of carbonyl (C=O) groups excluding carboxylic acids is 1. The summed E-state index contributed by atoms with van der Waals surface area (Å²) in [6.07, 6.45) is 1.62. The molecule has 0 aliphatic rings. The van der Waals surface area contributed by atoms with Crippen LogP contribution in [0.25, 0.3) is 0 Å². The van der Waals surface area contributed by atoms with E-state index in [4.69, 9.17) is 9.47 Å². The second kappa shape index (κ2) is 9.85. The standard InChI is InChI=1S/C20H25NO3/c1-3-21(4-2)15-23-16-24-20-11-10-18(13-19(20)14-22)12-17-8-6-5-7-9-17/h5-11,13-14H,3-4,12,15-16H2,1-2H3. The van der Waals surface area contributed by atoms with Gasteiger partial charge >= 0.3 is 0 Å². The van der Waals surface area contributed by atoms with Gasteiger partial charge in [-0.3, -0.25) is 9.69 Å². The lowest BCUT2D eigenvalue weighted by Gasteiger charge is -2.18. The average Bonchev–Trinajstić information content (AvgIpc) is 2.63. The minimum atomic E-state index is 0.134. The smallest absolute Gasteiger partial charge is 0.190 e. The van der Waals surface area contributed by atoms with Crippen LogP contribution < -0.4 is 4.74 Å². The molecule has 2 rings (SSSR count). The molecule has 0 amide bonds. The lowest BCUT2D eigenvalue weighted by Crippen LogP contribution is -2.26. The van der Waals surface area contributed by atoms with Gasteiger partial charge in [0.15, 0.2) is 13.1 Å². The summed E-state index contributed by atoms with van der Waals surface area (Å²) in [5, 5.41) is 0. The van der Waals surface area contributed by atoms with E-state index in [0.717, 1.165) is 31.4 Å². The molecule has 0 spiro atoms. The van der Waals surface area contributed by atoms with E-state index in [0.29, 0.717) is 18.0 Å². The van der Waals surface area contributed by atoms with Crippen molar-refractivity contribution in [3.8, 4) is 5.75 Å². The quantitative estimate of drug-likeness (QED) is 0.378. The topological polar surface area (TPSA) is 38.8 Å². The third kappa shape index (κ3) is 5.48. The van der Waals surface area contributed by atoms with Crippen LogP contribution in [0.2, 0.25) is 0 Å². The number of hydrogen-bond acceptors (Lipinski definition) is 4. The Labute approximate surface area is 144 Å². The molecule has 4 heteroatoms. The zero-order valence-electron chi connectivity index (χ0n) is 14.4. The Hall–Kier alpha value is -2.17. The molecule has 128 valence electrons. The molecule has 0 radical (unpaired) electrons. The second-order valence-corrected chi connectivity index (χ2v) is 5.55. The predicted molar refractivity (Wildman–Crippen MR) is 95.4 cm³/mol. The van der Waals surface area contributed by atoms with Crippen molar-refractivity contribution in [2.45, 2.75) is 20.3 Å². The molecular weight excluding hydrogens is 302 g/mol. The van der Waals surface area contributed by atoms with Crippen LogP contribution in [0.5, 0.6) is 5.75 Å². The van der Waals surface area contributed by atoms with Crippen LogP contribution in [0.1, 0.15) is 35.3 Å². The minimum Gasteiger partial charge on any atom is -0.467 e. The summed E-state index contributed by atoms with van der Waals surface area (Å²) in [6, 6.07) is 15.9. The highest BCUT2D eigenvalue weighted by Crippen LogP contribution is 2.20. The number of ether oxygens (including phenoxy) is 2. The zero-order valence-corrected chi connectivity index (χ0v) is 14.4. The molecular formula is C20H25NO3. The normalized spacial score (nSPS) is 10.8. The first-order valence-corrected chi connectivity index (χ1v) is 8.31. The molecule has 4 nitrogen and oxygen atoms in total. The summed E-state index contributed by atoms with van der Waals surface area (Å²) in [7, 11) is 0. The summed E-state index contributed by atoms with van der Waals surface area (Å²) in [5.74, 6) is 0.557. The lowest BCUT2D eigenvalue weighted by atomic mass is 10.0. The SMILES string of the molecule is CCN(CC)COCOc1ccc(Cc2ccccc2)cc1C=O. The van der Waals surface area contributed by atoms with E-state index in [2.05, 4.69) is 30.9 Å². The molecule has 2 aromatic carbocycles. The molecule has 0 N–H and O–H groups in total. The van der Waals surface area contributed by atoms with Gasteiger partial charge in [-0.2, -0.15) is 0 Å². The van der Waals surface area contributed by atoms with Gasteiger partial charge < -0.3 is 9.47 Å². The summed E-state index contributed by atoms with van der Waals surface area (Å²) >= 11 is 0. The third-order valence-corrected chi connectivity index (χ3v) is 3.92. The Balaban J connectivity index is 1.92. The first kappa shape index (κ1) is 18.2. The van der Waals surface area contributed by atoms with E-state index in [1.807, 2.05) is 36.4 Å². The van der Waals surface area contributed by atoms with Gasteiger partial charge in [-0.1, -0.05) is 50.2 Å².